The first-order valence-electron chi connectivity index (χ1n) is 5.03. The number of hydrogen-bond donors (Lipinski definition) is 1. The quantitative estimate of drug-likeness (QED) is 0.890. The molecule has 0 saturated heterocycles. The van der Waals surface area contributed by atoms with Gasteiger partial charge in [0.05, 0.1) is 19.1 Å². The van der Waals surface area contributed by atoms with Gasteiger partial charge in [-0.25, -0.2) is 0 Å². The second-order valence-electron chi connectivity index (χ2n) is 3.58. The standard InChI is InChI=1S/C11H13ClF3NO/c12-10-4-2-1-3-8(10)6-17-7-9(5-16)11(13,14)15/h1-4,9H,5-7,16H2. The van der Waals surface area contributed by atoms with E-state index in [0.717, 1.165) is 0 Å². The minimum atomic E-state index is -4.32. The molecule has 2 N–H and O–H groups in total. The third-order valence-corrected chi connectivity index (χ3v) is 2.65. The maximum absolute atomic E-state index is 12.3. The lowest BCUT2D eigenvalue weighted by Gasteiger charge is -2.18. The first-order valence-corrected chi connectivity index (χ1v) is 5.41. The van der Waals surface area contributed by atoms with E-state index < -0.39 is 25.2 Å². The molecule has 6 heteroatoms. The fraction of sp³-hybridized carbons (Fsp3) is 0.455. The summed E-state index contributed by atoms with van der Waals surface area (Å²) in [6.45, 7) is -0.885. The summed E-state index contributed by atoms with van der Waals surface area (Å²) in [5.41, 5.74) is 5.70. The third-order valence-electron chi connectivity index (χ3n) is 2.28. The van der Waals surface area contributed by atoms with Crippen LogP contribution in [0.2, 0.25) is 5.02 Å². The SMILES string of the molecule is NCC(COCc1ccccc1Cl)C(F)(F)F. The predicted octanol–water partition coefficient (Wildman–Crippen LogP) is 2.99. The van der Waals surface area contributed by atoms with Crippen molar-refractivity contribution in [1.29, 1.82) is 0 Å². The predicted molar refractivity (Wildman–Crippen MR) is 59.7 cm³/mol. The molecule has 0 aliphatic rings. The topological polar surface area (TPSA) is 35.2 Å². The second-order valence-corrected chi connectivity index (χ2v) is 3.99. The average molecular weight is 268 g/mol. The summed E-state index contributed by atoms with van der Waals surface area (Å²) in [5, 5.41) is 0.476. The highest BCUT2D eigenvalue weighted by Gasteiger charge is 2.38. The van der Waals surface area contributed by atoms with Crippen LogP contribution in [-0.4, -0.2) is 19.3 Å². The van der Waals surface area contributed by atoms with Crippen molar-refractivity contribution in [1.82, 2.24) is 0 Å². The van der Waals surface area contributed by atoms with Crippen LogP contribution in [0.25, 0.3) is 0 Å². The molecule has 0 amide bonds. The van der Waals surface area contributed by atoms with Gasteiger partial charge in [0.2, 0.25) is 0 Å². The molecule has 0 heterocycles. The van der Waals surface area contributed by atoms with E-state index in [1.54, 1.807) is 24.3 Å². The highest BCUT2D eigenvalue weighted by atomic mass is 35.5. The zero-order chi connectivity index (χ0) is 12.9. The Kier molecular flexibility index (Phi) is 5.24. The maximum Gasteiger partial charge on any atom is 0.395 e. The van der Waals surface area contributed by atoms with E-state index in [0.29, 0.717) is 10.6 Å². The smallest absolute Gasteiger partial charge is 0.376 e. The zero-order valence-electron chi connectivity index (χ0n) is 9.01. The van der Waals surface area contributed by atoms with Gasteiger partial charge >= 0.3 is 6.18 Å². The Hall–Kier alpha value is -0.780. The van der Waals surface area contributed by atoms with Crippen LogP contribution in [0.15, 0.2) is 24.3 Å². The van der Waals surface area contributed by atoms with Gasteiger partial charge in [-0.05, 0) is 11.6 Å². The number of ether oxygens (including phenoxy) is 1. The average Bonchev–Trinajstić information content (AvgIpc) is 2.25. The molecular weight excluding hydrogens is 255 g/mol. The molecule has 0 spiro atoms. The summed E-state index contributed by atoms with van der Waals surface area (Å²) in [4.78, 5) is 0. The summed E-state index contributed by atoms with van der Waals surface area (Å²) < 4.78 is 42.0. The van der Waals surface area contributed by atoms with Crippen LogP contribution in [0.3, 0.4) is 0 Å². The van der Waals surface area contributed by atoms with E-state index in [4.69, 9.17) is 22.1 Å². The van der Waals surface area contributed by atoms with Crippen LogP contribution in [0.4, 0.5) is 13.2 Å². The van der Waals surface area contributed by atoms with Crippen molar-refractivity contribution < 1.29 is 17.9 Å². The Morgan fingerprint density at radius 2 is 1.94 bits per heavy atom. The van der Waals surface area contributed by atoms with E-state index in [-0.39, 0.29) is 6.61 Å². The molecule has 1 rings (SSSR count). The van der Waals surface area contributed by atoms with Crippen LogP contribution in [-0.2, 0) is 11.3 Å². The van der Waals surface area contributed by atoms with E-state index in [1.807, 2.05) is 0 Å². The van der Waals surface area contributed by atoms with E-state index in [1.165, 1.54) is 0 Å². The monoisotopic (exact) mass is 267 g/mol. The van der Waals surface area contributed by atoms with Gasteiger partial charge in [0, 0.05) is 11.6 Å². The van der Waals surface area contributed by atoms with Crippen molar-refractivity contribution in [3.63, 3.8) is 0 Å². The van der Waals surface area contributed by atoms with Gasteiger partial charge in [-0.1, -0.05) is 29.8 Å². The minimum absolute atomic E-state index is 0.0479. The molecule has 1 aromatic rings. The molecule has 0 radical (unpaired) electrons. The van der Waals surface area contributed by atoms with Gasteiger partial charge in [0.15, 0.2) is 0 Å². The Morgan fingerprint density at radius 3 is 2.47 bits per heavy atom. The third kappa shape index (κ3) is 4.53. The van der Waals surface area contributed by atoms with E-state index in [9.17, 15) is 13.2 Å². The number of nitrogens with two attached hydrogens (primary N) is 1. The molecule has 0 aliphatic heterocycles. The fourth-order valence-corrected chi connectivity index (χ4v) is 1.41. The van der Waals surface area contributed by atoms with E-state index >= 15 is 0 Å². The second kappa shape index (κ2) is 6.23. The lowest BCUT2D eigenvalue weighted by molar-refractivity contribution is -0.186. The highest BCUT2D eigenvalue weighted by molar-refractivity contribution is 6.31. The van der Waals surface area contributed by atoms with Crippen molar-refractivity contribution in [2.45, 2.75) is 12.8 Å². The maximum atomic E-state index is 12.3. The zero-order valence-corrected chi connectivity index (χ0v) is 9.76. The Morgan fingerprint density at radius 1 is 1.29 bits per heavy atom. The summed E-state index contributed by atoms with van der Waals surface area (Å²) in [6.07, 6.45) is -4.32. The molecule has 0 fully saturated rings. The molecule has 0 aliphatic carbocycles. The van der Waals surface area contributed by atoms with Crippen LogP contribution in [0.5, 0.6) is 0 Å². The summed E-state index contributed by atoms with van der Waals surface area (Å²) >= 11 is 5.84. The Bertz CT molecular complexity index is 357. The van der Waals surface area contributed by atoms with Crippen LogP contribution in [0.1, 0.15) is 5.56 Å². The number of rotatable bonds is 5. The van der Waals surface area contributed by atoms with Gasteiger partial charge in [0.25, 0.3) is 0 Å². The van der Waals surface area contributed by atoms with Crippen molar-refractivity contribution in [3.05, 3.63) is 34.9 Å². The van der Waals surface area contributed by atoms with Crippen molar-refractivity contribution >= 4 is 11.6 Å². The number of halogens is 4. The van der Waals surface area contributed by atoms with Crippen LogP contribution < -0.4 is 5.73 Å². The normalized spacial score (nSPS) is 13.7. The first kappa shape index (κ1) is 14.3. The molecule has 0 saturated carbocycles. The number of benzene rings is 1. The summed E-state index contributed by atoms with van der Waals surface area (Å²) in [6, 6.07) is 6.84. The van der Waals surface area contributed by atoms with Gasteiger partial charge in [0.1, 0.15) is 0 Å². The van der Waals surface area contributed by atoms with Crippen molar-refractivity contribution in [2.24, 2.45) is 11.7 Å². The fourth-order valence-electron chi connectivity index (χ4n) is 1.22. The molecular formula is C11H13ClF3NO. The van der Waals surface area contributed by atoms with Gasteiger partial charge < -0.3 is 10.5 Å². The minimum Gasteiger partial charge on any atom is -0.376 e. The Balaban J connectivity index is 2.45. The largest absolute Gasteiger partial charge is 0.395 e. The molecule has 0 aromatic heterocycles. The molecule has 17 heavy (non-hydrogen) atoms. The molecule has 96 valence electrons. The molecule has 1 unspecified atom stereocenters. The lowest BCUT2D eigenvalue weighted by Crippen LogP contribution is -2.33. The van der Waals surface area contributed by atoms with Gasteiger partial charge in [-0.15, -0.1) is 0 Å². The molecule has 1 atom stereocenters. The van der Waals surface area contributed by atoms with Crippen molar-refractivity contribution in [2.75, 3.05) is 13.2 Å². The highest BCUT2D eigenvalue weighted by Crippen LogP contribution is 2.26. The lowest BCUT2D eigenvalue weighted by atomic mass is 10.1. The molecule has 2 nitrogen and oxygen atoms in total. The van der Waals surface area contributed by atoms with Gasteiger partial charge in [-0.3, -0.25) is 0 Å². The first-order chi connectivity index (χ1) is 7.95. The summed E-state index contributed by atoms with van der Waals surface area (Å²) in [7, 11) is 0. The molecule has 0 bridgehead atoms. The summed E-state index contributed by atoms with van der Waals surface area (Å²) in [5.74, 6) is -1.63. The van der Waals surface area contributed by atoms with Crippen LogP contribution >= 0.6 is 11.6 Å². The van der Waals surface area contributed by atoms with Crippen molar-refractivity contribution in [3.8, 4) is 0 Å². The van der Waals surface area contributed by atoms with E-state index in [2.05, 4.69) is 0 Å². The molecule has 1 aromatic carbocycles. The number of alkyl halides is 3. The number of hydrogen-bond acceptors (Lipinski definition) is 2. The van der Waals surface area contributed by atoms with Gasteiger partial charge in [-0.2, -0.15) is 13.2 Å². The Labute approximate surface area is 103 Å². The van der Waals surface area contributed by atoms with Crippen LogP contribution in [0, 0.1) is 5.92 Å².